The van der Waals surface area contributed by atoms with E-state index in [-0.39, 0.29) is 12.2 Å². The lowest BCUT2D eigenvalue weighted by Gasteiger charge is -2.09. The van der Waals surface area contributed by atoms with Gasteiger partial charge < -0.3 is 10.6 Å². The van der Waals surface area contributed by atoms with Crippen LogP contribution in [-0.2, 0) is 9.59 Å². The second kappa shape index (κ2) is 7.54. The topological polar surface area (TPSA) is 58.2 Å². The SMILES string of the molecule is CC(C)c1ccc(NC(=O)CC(=O)Nc2ccc(F)cc2)cc1. The van der Waals surface area contributed by atoms with E-state index in [4.69, 9.17) is 0 Å². The minimum Gasteiger partial charge on any atom is -0.326 e. The van der Waals surface area contributed by atoms with Gasteiger partial charge in [0.05, 0.1) is 0 Å². The zero-order chi connectivity index (χ0) is 16.8. The molecular formula is C18H19FN2O2. The summed E-state index contributed by atoms with van der Waals surface area (Å²) >= 11 is 0. The standard InChI is InChI=1S/C18H19FN2O2/c1-12(2)13-3-7-15(8-4-13)20-17(22)11-18(23)21-16-9-5-14(19)6-10-16/h3-10,12H,11H2,1-2H3,(H,20,22)(H,21,23). The predicted molar refractivity (Wildman–Crippen MR) is 88.8 cm³/mol. The maximum Gasteiger partial charge on any atom is 0.233 e. The lowest BCUT2D eigenvalue weighted by atomic mass is 10.0. The Morgan fingerprint density at radius 2 is 1.30 bits per heavy atom. The van der Waals surface area contributed by atoms with Crippen LogP contribution in [0.1, 0.15) is 31.7 Å². The number of nitrogens with one attached hydrogen (secondary N) is 2. The summed E-state index contributed by atoms with van der Waals surface area (Å²) in [6, 6.07) is 12.9. The van der Waals surface area contributed by atoms with Crippen molar-refractivity contribution in [3.8, 4) is 0 Å². The second-order valence-corrected chi connectivity index (χ2v) is 5.56. The molecule has 2 rings (SSSR count). The van der Waals surface area contributed by atoms with Crippen molar-refractivity contribution in [3.63, 3.8) is 0 Å². The van der Waals surface area contributed by atoms with Gasteiger partial charge in [0.25, 0.3) is 0 Å². The Morgan fingerprint density at radius 3 is 1.74 bits per heavy atom. The highest BCUT2D eigenvalue weighted by atomic mass is 19.1. The van der Waals surface area contributed by atoms with Gasteiger partial charge in [0.1, 0.15) is 12.2 Å². The molecule has 0 aliphatic heterocycles. The van der Waals surface area contributed by atoms with Crippen molar-refractivity contribution in [1.29, 1.82) is 0 Å². The van der Waals surface area contributed by atoms with Crippen molar-refractivity contribution in [3.05, 3.63) is 59.9 Å². The summed E-state index contributed by atoms with van der Waals surface area (Å²) in [6.45, 7) is 4.18. The molecule has 2 amide bonds. The van der Waals surface area contributed by atoms with E-state index >= 15 is 0 Å². The van der Waals surface area contributed by atoms with E-state index in [1.165, 1.54) is 29.8 Å². The van der Waals surface area contributed by atoms with Gasteiger partial charge in [-0.25, -0.2) is 4.39 Å². The number of hydrogen-bond donors (Lipinski definition) is 2. The number of anilines is 2. The molecule has 0 saturated carbocycles. The lowest BCUT2D eigenvalue weighted by molar-refractivity contribution is -0.123. The molecule has 0 aromatic heterocycles. The Kier molecular flexibility index (Phi) is 5.46. The Labute approximate surface area is 134 Å². The number of halogens is 1. The number of carbonyl (C=O) groups excluding carboxylic acids is 2. The molecule has 2 aromatic rings. The molecule has 0 bridgehead atoms. The van der Waals surface area contributed by atoms with Gasteiger partial charge in [-0.2, -0.15) is 0 Å². The Balaban J connectivity index is 1.86. The van der Waals surface area contributed by atoms with Crippen LogP contribution >= 0.6 is 0 Å². The van der Waals surface area contributed by atoms with Crippen LogP contribution in [0, 0.1) is 5.82 Å². The van der Waals surface area contributed by atoms with Gasteiger partial charge in [0.15, 0.2) is 0 Å². The van der Waals surface area contributed by atoms with Crippen LogP contribution in [-0.4, -0.2) is 11.8 Å². The zero-order valence-electron chi connectivity index (χ0n) is 13.1. The monoisotopic (exact) mass is 314 g/mol. The molecule has 4 nitrogen and oxygen atoms in total. The van der Waals surface area contributed by atoms with Crippen LogP contribution < -0.4 is 10.6 Å². The maximum atomic E-state index is 12.8. The second-order valence-electron chi connectivity index (χ2n) is 5.56. The van der Waals surface area contributed by atoms with Crippen molar-refractivity contribution >= 4 is 23.2 Å². The van der Waals surface area contributed by atoms with E-state index in [1.54, 1.807) is 0 Å². The van der Waals surface area contributed by atoms with E-state index < -0.39 is 11.8 Å². The molecule has 0 heterocycles. The van der Waals surface area contributed by atoms with Gasteiger partial charge in [-0.05, 0) is 47.9 Å². The maximum absolute atomic E-state index is 12.8. The largest absolute Gasteiger partial charge is 0.326 e. The van der Waals surface area contributed by atoms with Gasteiger partial charge in [-0.1, -0.05) is 26.0 Å². The van der Waals surface area contributed by atoms with Crippen LogP contribution in [0.5, 0.6) is 0 Å². The van der Waals surface area contributed by atoms with Gasteiger partial charge in [-0.15, -0.1) is 0 Å². The first-order chi connectivity index (χ1) is 10.9. The predicted octanol–water partition coefficient (Wildman–Crippen LogP) is 3.92. The molecule has 120 valence electrons. The van der Waals surface area contributed by atoms with E-state index in [0.717, 1.165) is 0 Å². The average Bonchev–Trinajstić information content (AvgIpc) is 2.50. The van der Waals surface area contributed by atoms with E-state index in [9.17, 15) is 14.0 Å². The fourth-order valence-electron chi connectivity index (χ4n) is 2.04. The molecule has 2 N–H and O–H groups in total. The molecule has 0 fully saturated rings. The van der Waals surface area contributed by atoms with Crippen LogP contribution in [0.25, 0.3) is 0 Å². The van der Waals surface area contributed by atoms with Crippen molar-refractivity contribution in [2.45, 2.75) is 26.2 Å². The highest BCUT2D eigenvalue weighted by Crippen LogP contribution is 2.17. The van der Waals surface area contributed by atoms with Crippen LogP contribution in [0.4, 0.5) is 15.8 Å². The van der Waals surface area contributed by atoms with Crippen molar-refractivity contribution in [2.24, 2.45) is 0 Å². The summed E-state index contributed by atoms with van der Waals surface area (Å²) < 4.78 is 12.8. The lowest BCUT2D eigenvalue weighted by Crippen LogP contribution is -2.21. The first-order valence-corrected chi connectivity index (χ1v) is 7.39. The first kappa shape index (κ1) is 16.7. The third kappa shape index (κ3) is 5.21. The molecule has 0 spiro atoms. The molecule has 23 heavy (non-hydrogen) atoms. The van der Waals surface area contributed by atoms with Crippen LogP contribution in [0.15, 0.2) is 48.5 Å². The summed E-state index contributed by atoms with van der Waals surface area (Å²) in [5.41, 5.74) is 2.27. The summed E-state index contributed by atoms with van der Waals surface area (Å²) in [7, 11) is 0. The van der Waals surface area contributed by atoms with Crippen molar-refractivity contribution in [1.82, 2.24) is 0 Å². The molecule has 0 atom stereocenters. The first-order valence-electron chi connectivity index (χ1n) is 7.39. The highest BCUT2D eigenvalue weighted by molar-refractivity contribution is 6.08. The number of amides is 2. The smallest absolute Gasteiger partial charge is 0.233 e. The van der Waals surface area contributed by atoms with E-state index in [1.807, 2.05) is 24.3 Å². The highest BCUT2D eigenvalue weighted by Gasteiger charge is 2.10. The summed E-state index contributed by atoms with van der Waals surface area (Å²) in [6.07, 6.45) is -0.302. The summed E-state index contributed by atoms with van der Waals surface area (Å²) in [5, 5.41) is 5.22. The number of benzene rings is 2. The Morgan fingerprint density at radius 1 is 0.870 bits per heavy atom. The summed E-state index contributed by atoms with van der Waals surface area (Å²) in [5.74, 6) is -0.818. The zero-order valence-corrected chi connectivity index (χ0v) is 13.1. The quantitative estimate of drug-likeness (QED) is 0.822. The normalized spacial score (nSPS) is 10.4. The number of carbonyl (C=O) groups is 2. The fraction of sp³-hybridized carbons (Fsp3) is 0.222. The van der Waals surface area contributed by atoms with E-state index in [0.29, 0.717) is 17.3 Å². The fourth-order valence-corrected chi connectivity index (χ4v) is 2.04. The Bertz CT molecular complexity index is 679. The molecule has 0 unspecified atom stereocenters. The average molecular weight is 314 g/mol. The third-order valence-corrected chi connectivity index (χ3v) is 3.31. The molecule has 0 aliphatic carbocycles. The van der Waals surface area contributed by atoms with Gasteiger partial charge in [-0.3, -0.25) is 9.59 Å². The number of rotatable bonds is 5. The van der Waals surface area contributed by atoms with Gasteiger partial charge in [0, 0.05) is 11.4 Å². The molecule has 0 radical (unpaired) electrons. The minimum absolute atomic E-state index is 0.302. The van der Waals surface area contributed by atoms with E-state index in [2.05, 4.69) is 24.5 Å². The summed E-state index contributed by atoms with van der Waals surface area (Å²) in [4.78, 5) is 23.6. The van der Waals surface area contributed by atoms with Crippen LogP contribution in [0.3, 0.4) is 0 Å². The van der Waals surface area contributed by atoms with Crippen LogP contribution in [0.2, 0.25) is 0 Å². The minimum atomic E-state index is -0.451. The molecule has 0 aliphatic rings. The molecular weight excluding hydrogens is 295 g/mol. The molecule has 5 heteroatoms. The number of hydrogen-bond acceptors (Lipinski definition) is 2. The molecule has 2 aromatic carbocycles. The third-order valence-electron chi connectivity index (χ3n) is 3.31. The van der Waals surface area contributed by atoms with Crippen molar-refractivity contribution in [2.75, 3.05) is 10.6 Å². The Hall–Kier alpha value is -2.69. The van der Waals surface area contributed by atoms with Gasteiger partial charge in [0.2, 0.25) is 11.8 Å². The van der Waals surface area contributed by atoms with Crippen molar-refractivity contribution < 1.29 is 14.0 Å². The van der Waals surface area contributed by atoms with Gasteiger partial charge >= 0.3 is 0 Å². The molecule has 0 saturated heterocycles.